The van der Waals surface area contributed by atoms with Gasteiger partial charge in [0.1, 0.15) is 30.5 Å². The van der Waals surface area contributed by atoms with E-state index in [1.54, 1.807) is 27.7 Å². The minimum Gasteiger partial charge on any atom is -0.463 e. The van der Waals surface area contributed by atoms with E-state index in [0.29, 0.717) is 0 Å². The zero-order chi connectivity index (χ0) is 25.4. The summed E-state index contributed by atoms with van der Waals surface area (Å²) in [7, 11) is 0. The normalized spacial score (nSPS) is 24.4. The van der Waals surface area contributed by atoms with E-state index >= 15 is 0 Å². The maximum atomic E-state index is 12.4. The van der Waals surface area contributed by atoms with Crippen LogP contribution < -0.4 is 11.5 Å². The third kappa shape index (κ3) is 4.27. The number of ether oxygens (including phenoxy) is 3. The lowest BCUT2D eigenvalue weighted by Crippen LogP contribution is -2.49. The number of carbonyl (C=O) groups excluding carboxylic acids is 3. The van der Waals surface area contributed by atoms with Gasteiger partial charge in [-0.15, -0.1) is 6.42 Å². The predicted octanol–water partition coefficient (Wildman–Crippen LogP) is 0.141. The van der Waals surface area contributed by atoms with E-state index in [-0.39, 0.29) is 29.0 Å². The van der Waals surface area contributed by atoms with Gasteiger partial charge < -0.3 is 35.4 Å². The van der Waals surface area contributed by atoms with Crippen LogP contribution in [0.4, 0.5) is 5.82 Å². The lowest BCUT2D eigenvalue weighted by atomic mass is 9.94. The van der Waals surface area contributed by atoms with Crippen LogP contribution in [0.1, 0.15) is 44.3 Å². The Morgan fingerprint density at radius 1 is 1.26 bits per heavy atom. The van der Waals surface area contributed by atoms with Crippen molar-refractivity contribution in [1.29, 1.82) is 0 Å². The Bertz CT molecular complexity index is 1170. The van der Waals surface area contributed by atoms with Gasteiger partial charge in [0.05, 0.1) is 22.8 Å². The number of esters is 2. The maximum Gasteiger partial charge on any atom is 0.308 e. The van der Waals surface area contributed by atoms with Crippen molar-refractivity contribution < 1.29 is 33.7 Å². The lowest BCUT2D eigenvalue weighted by molar-refractivity contribution is -0.166. The van der Waals surface area contributed by atoms with Crippen LogP contribution >= 0.6 is 0 Å². The Hall–Kier alpha value is -3.69. The average Bonchev–Trinajstić information content (AvgIpc) is 3.29. The van der Waals surface area contributed by atoms with Gasteiger partial charge in [-0.1, -0.05) is 33.6 Å². The second-order valence-corrected chi connectivity index (χ2v) is 8.57. The number of primary amides is 1. The quantitative estimate of drug-likeness (QED) is 0.369. The third-order valence-electron chi connectivity index (χ3n) is 5.42. The minimum atomic E-state index is -2.24. The summed E-state index contributed by atoms with van der Waals surface area (Å²) in [6.45, 7) is 6.16. The number of anilines is 1. The molecule has 1 aliphatic heterocycles. The molecule has 3 rings (SSSR count). The van der Waals surface area contributed by atoms with Crippen molar-refractivity contribution in [2.45, 2.75) is 51.7 Å². The number of rotatable bonds is 7. The first-order valence-electron chi connectivity index (χ1n) is 10.6. The number of nitrogens with two attached hydrogens (primary N) is 2. The number of aliphatic hydroxyl groups is 1. The molecule has 3 heterocycles. The molecular formula is C22H27N5O7. The van der Waals surface area contributed by atoms with Crippen LogP contribution in [0.3, 0.4) is 0 Å². The van der Waals surface area contributed by atoms with Gasteiger partial charge in [-0.05, 0) is 0 Å². The number of carbonyl (C=O) groups is 3. The summed E-state index contributed by atoms with van der Waals surface area (Å²) in [6, 6.07) is 0. The van der Waals surface area contributed by atoms with Crippen molar-refractivity contribution in [2.24, 2.45) is 17.6 Å². The molecule has 1 amide bonds. The van der Waals surface area contributed by atoms with Crippen molar-refractivity contribution in [3.8, 4) is 12.3 Å². The number of amides is 1. The number of hydrogen-bond donors (Lipinski definition) is 3. The zero-order valence-corrected chi connectivity index (χ0v) is 19.2. The van der Waals surface area contributed by atoms with Crippen molar-refractivity contribution in [1.82, 2.24) is 14.5 Å². The Morgan fingerprint density at radius 3 is 2.47 bits per heavy atom. The van der Waals surface area contributed by atoms with E-state index < -0.39 is 53.7 Å². The molecule has 1 fully saturated rings. The summed E-state index contributed by atoms with van der Waals surface area (Å²) >= 11 is 0. The summed E-state index contributed by atoms with van der Waals surface area (Å²) in [6.07, 6.45) is 4.18. The van der Waals surface area contributed by atoms with Gasteiger partial charge in [-0.25, -0.2) is 9.97 Å². The molecule has 0 aliphatic carbocycles. The molecule has 34 heavy (non-hydrogen) atoms. The lowest BCUT2D eigenvalue weighted by Gasteiger charge is -2.29. The largest absolute Gasteiger partial charge is 0.463 e. The van der Waals surface area contributed by atoms with Crippen LogP contribution in [0.5, 0.6) is 0 Å². The molecule has 2 aromatic rings. The molecule has 12 heteroatoms. The van der Waals surface area contributed by atoms with Gasteiger partial charge in [-0.3, -0.25) is 14.4 Å². The van der Waals surface area contributed by atoms with Crippen LogP contribution in [0, 0.1) is 24.2 Å². The molecule has 1 aliphatic rings. The second-order valence-electron chi connectivity index (χ2n) is 8.57. The summed E-state index contributed by atoms with van der Waals surface area (Å²) in [5, 5.41) is 11.7. The molecule has 4 atom stereocenters. The van der Waals surface area contributed by atoms with E-state index in [1.165, 1.54) is 10.8 Å². The Morgan fingerprint density at radius 2 is 1.91 bits per heavy atom. The molecule has 0 spiro atoms. The van der Waals surface area contributed by atoms with Gasteiger partial charge in [0.15, 0.2) is 12.3 Å². The van der Waals surface area contributed by atoms with Gasteiger partial charge in [-0.2, -0.15) is 0 Å². The highest BCUT2D eigenvalue weighted by atomic mass is 16.6. The van der Waals surface area contributed by atoms with Crippen molar-refractivity contribution >= 4 is 34.7 Å². The van der Waals surface area contributed by atoms with Crippen LogP contribution in [-0.2, 0) is 23.8 Å². The zero-order valence-electron chi connectivity index (χ0n) is 19.2. The molecule has 12 nitrogen and oxygen atoms in total. The molecule has 1 saturated heterocycles. The highest BCUT2D eigenvalue weighted by Crippen LogP contribution is 2.42. The first-order chi connectivity index (χ1) is 15.9. The monoisotopic (exact) mass is 473 g/mol. The molecule has 0 bridgehead atoms. The number of terminal acetylenes is 1. The van der Waals surface area contributed by atoms with Crippen molar-refractivity contribution in [3.05, 3.63) is 18.1 Å². The molecular weight excluding hydrogens is 446 g/mol. The fraction of sp³-hybridized carbons (Fsp3) is 0.500. The topological polar surface area (TPSA) is 182 Å². The summed E-state index contributed by atoms with van der Waals surface area (Å²) in [4.78, 5) is 44.5. The average molecular weight is 473 g/mol. The van der Waals surface area contributed by atoms with Crippen LogP contribution in [0.2, 0.25) is 0 Å². The Kier molecular flexibility index (Phi) is 6.81. The van der Waals surface area contributed by atoms with E-state index in [4.69, 9.17) is 32.1 Å². The Balaban J connectivity index is 2.11. The molecule has 5 N–H and O–H groups in total. The number of nitrogen functional groups attached to an aromatic ring is 1. The first kappa shape index (κ1) is 24.9. The maximum absolute atomic E-state index is 12.4. The highest BCUT2D eigenvalue weighted by Gasteiger charge is 2.59. The second kappa shape index (κ2) is 9.28. The predicted molar refractivity (Wildman–Crippen MR) is 119 cm³/mol. The third-order valence-corrected chi connectivity index (χ3v) is 5.42. The Labute approximate surface area is 195 Å². The van der Waals surface area contributed by atoms with Gasteiger partial charge >= 0.3 is 11.9 Å². The van der Waals surface area contributed by atoms with Gasteiger partial charge in [0.25, 0.3) is 5.91 Å². The van der Waals surface area contributed by atoms with Crippen LogP contribution in [0.15, 0.2) is 12.5 Å². The standard InChI is InChI=1S/C22H27N5O7/c1-6-22(31)15(34-20(30)11(4)5)13(8-32-19(29)10(2)3)33-21(22)27-7-12(17(24)28)14-16(23)25-9-26-18(14)27/h1,7,9-11,13,15,21,31H,8H2,2-5H3,(H2,24,28)(H2,23,25,26)/t13?,15?,21?,22-/m1/s1. The van der Waals surface area contributed by atoms with E-state index in [1.807, 2.05) is 0 Å². The number of hydrogen-bond acceptors (Lipinski definition) is 10. The number of fused-ring (bicyclic) bond motifs is 1. The molecule has 0 saturated carbocycles. The number of nitrogens with zero attached hydrogens (tertiary/aromatic N) is 3. The molecule has 3 unspecified atom stereocenters. The van der Waals surface area contributed by atoms with Crippen LogP contribution in [-0.4, -0.2) is 61.9 Å². The minimum absolute atomic E-state index is 0.0232. The fourth-order valence-corrected chi connectivity index (χ4v) is 3.55. The number of aromatic nitrogens is 3. The van der Waals surface area contributed by atoms with E-state index in [2.05, 4.69) is 15.9 Å². The molecule has 182 valence electrons. The molecule has 0 aromatic carbocycles. The van der Waals surface area contributed by atoms with E-state index in [0.717, 1.165) is 6.33 Å². The van der Waals surface area contributed by atoms with Crippen molar-refractivity contribution in [2.75, 3.05) is 12.3 Å². The van der Waals surface area contributed by atoms with Crippen LogP contribution in [0.25, 0.3) is 11.0 Å². The van der Waals surface area contributed by atoms with Gasteiger partial charge in [0, 0.05) is 6.20 Å². The summed E-state index contributed by atoms with van der Waals surface area (Å²) in [5.41, 5.74) is 9.26. The summed E-state index contributed by atoms with van der Waals surface area (Å²) < 4.78 is 18.0. The van der Waals surface area contributed by atoms with Gasteiger partial charge in [0.2, 0.25) is 5.60 Å². The summed E-state index contributed by atoms with van der Waals surface area (Å²) in [5.74, 6) is -0.735. The molecule has 2 aromatic heterocycles. The molecule has 0 radical (unpaired) electrons. The smallest absolute Gasteiger partial charge is 0.308 e. The van der Waals surface area contributed by atoms with E-state index in [9.17, 15) is 19.5 Å². The first-order valence-corrected chi connectivity index (χ1v) is 10.6. The highest BCUT2D eigenvalue weighted by molar-refractivity contribution is 6.08. The fourth-order valence-electron chi connectivity index (χ4n) is 3.55. The SMILES string of the molecule is C#C[C@@]1(O)C(OC(=O)C(C)C)C(COC(=O)C(C)C)OC1n1cc(C(N)=O)c2c(N)ncnc21. The van der Waals surface area contributed by atoms with Crippen molar-refractivity contribution in [3.63, 3.8) is 0 Å².